The van der Waals surface area contributed by atoms with E-state index in [-0.39, 0.29) is 0 Å². The van der Waals surface area contributed by atoms with Gasteiger partial charge in [0.25, 0.3) is 0 Å². The molecule has 6 heteroatoms. The van der Waals surface area contributed by atoms with Gasteiger partial charge >= 0.3 is 0 Å². The lowest BCUT2D eigenvalue weighted by Crippen LogP contribution is -1.92. The zero-order valence-corrected chi connectivity index (χ0v) is 19.2. The van der Waals surface area contributed by atoms with Gasteiger partial charge < -0.3 is 0 Å². The highest BCUT2D eigenvalue weighted by Crippen LogP contribution is 2.09. The van der Waals surface area contributed by atoms with Crippen molar-refractivity contribution in [2.75, 3.05) is 0 Å². The lowest BCUT2D eigenvalue weighted by Gasteiger charge is -1.90. The standard InChI is InChI=1S/3C7H12N2/c3*1-5-6(2)8-9(4)7(5)3/h3*1-4H3. The Labute approximate surface area is 164 Å². The molecular weight excluding hydrogens is 336 g/mol. The molecule has 0 N–H and O–H groups in total. The van der Waals surface area contributed by atoms with Crippen LogP contribution in [0.5, 0.6) is 0 Å². The smallest absolute Gasteiger partial charge is 0.0625 e. The van der Waals surface area contributed by atoms with Gasteiger partial charge in [-0.05, 0) is 79.0 Å². The lowest BCUT2D eigenvalue weighted by atomic mass is 10.2. The first-order valence-corrected chi connectivity index (χ1v) is 9.28. The summed E-state index contributed by atoms with van der Waals surface area (Å²) in [7, 11) is 5.90. The maximum absolute atomic E-state index is 4.23. The molecule has 3 aromatic rings. The summed E-state index contributed by atoms with van der Waals surface area (Å²) in [5, 5.41) is 12.7. The van der Waals surface area contributed by atoms with E-state index in [0.717, 1.165) is 17.1 Å². The molecule has 0 aliphatic rings. The summed E-state index contributed by atoms with van der Waals surface area (Å²) in [5.74, 6) is 0. The summed E-state index contributed by atoms with van der Waals surface area (Å²) in [4.78, 5) is 0. The predicted molar refractivity (Wildman–Crippen MR) is 112 cm³/mol. The molecule has 3 aromatic heterocycles. The normalized spacial score (nSPS) is 10.2. The van der Waals surface area contributed by atoms with Gasteiger partial charge in [-0.25, -0.2) is 0 Å². The monoisotopic (exact) mass is 372 g/mol. The summed E-state index contributed by atoms with van der Waals surface area (Å²) >= 11 is 0. The molecule has 0 amide bonds. The Bertz CT molecular complexity index is 721. The van der Waals surface area contributed by atoms with E-state index in [0.29, 0.717) is 0 Å². The molecule has 27 heavy (non-hydrogen) atoms. The van der Waals surface area contributed by atoms with Gasteiger partial charge in [-0.15, -0.1) is 0 Å². The van der Waals surface area contributed by atoms with Gasteiger partial charge in [0.15, 0.2) is 0 Å². The van der Waals surface area contributed by atoms with Crippen molar-refractivity contribution < 1.29 is 0 Å². The van der Waals surface area contributed by atoms with E-state index >= 15 is 0 Å². The molecule has 150 valence electrons. The molecule has 0 fully saturated rings. The lowest BCUT2D eigenvalue weighted by molar-refractivity contribution is 0.730. The van der Waals surface area contributed by atoms with Gasteiger partial charge in [0, 0.05) is 38.2 Å². The van der Waals surface area contributed by atoms with E-state index in [1.165, 1.54) is 33.8 Å². The maximum atomic E-state index is 4.23. The van der Waals surface area contributed by atoms with Crippen LogP contribution in [0, 0.1) is 62.3 Å². The molecule has 0 saturated carbocycles. The van der Waals surface area contributed by atoms with Crippen molar-refractivity contribution in [3.05, 3.63) is 50.9 Å². The minimum Gasteiger partial charge on any atom is -0.272 e. The van der Waals surface area contributed by atoms with Crippen molar-refractivity contribution in [1.82, 2.24) is 29.3 Å². The van der Waals surface area contributed by atoms with E-state index in [1.807, 2.05) is 56.0 Å². The topological polar surface area (TPSA) is 53.5 Å². The van der Waals surface area contributed by atoms with Gasteiger partial charge in [0.1, 0.15) is 0 Å². The van der Waals surface area contributed by atoms with E-state index < -0.39 is 0 Å². The Morgan fingerprint density at radius 1 is 0.407 bits per heavy atom. The van der Waals surface area contributed by atoms with Crippen LogP contribution in [-0.2, 0) is 21.1 Å². The summed E-state index contributed by atoms with van der Waals surface area (Å²) in [6.45, 7) is 18.6. The Morgan fingerprint density at radius 2 is 0.593 bits per heavy atom. The van der Waals surface area contributed by atoms with Crippen LogP contribution in [0.15, 0.2) is 0 Å². The fourth-order valence-electron chi connectivity index (χ4n) is 2.64. The Kier molecular flexibility index (Phi) is 7.57. The zero-order chi connectivity index (χ0) is 21.0. The fraction of sp³-hybridized carbons (Fsp3) is 0.571. The SMILES string of the molecule is Cc1nn(C)c(C)c1C.Cc1nn(C)c(C)c1C.Cc1nn(C)c(C)c1C. The van der Waals surface area contributed by atoms with Gasteiger partial charge in [0.2, 0.25) is 0 Å². The van der Waals surface area contributed by atoms with Gasteiger partial charge in [-0.1, -0.05) is 0 Å². The molecular formula is C21H36N6. The molecule has 6 nitrogen and oxygen atoms in total. The first kappa shape index (κ1) is 22.7. The van der Waals surface area contributed by atoms with Gasteiger partial charge in [-0.3, -0.25) is 14.0 Å². The summed E-state index contributed by atoms with van der Waals surface area (Å²) in [6.07, 6.45) is 0. The Morgan fingerprint density at radius 3 is 0.630 bits per heavy atom. The van der Waals surface area contributed by atoms with Gasteiger partial charge in [-0.2, -0.15) is 15.3 Å². The molecule has 0 spiro atoms. The van der Waals surface area contributed by atoms with Crippen LogP contribution >= 0.6 is 0 Å². The van der Waals surface area contributed by atoms with Gasteiger partial charge in [0.05, 0.1) is 17.1 Å². The molecule has 0 atom stereocenters. The molecule has 0 aromatic carbocycles. The van der Waals surface area contributed by atoms with Crippen molar-refractivity contribution in [3.8, 4) is 0 Å². The van der Waals surface area contributed by atoms with Crippen molar-refractivity contribution in [1.29, 1.82) is 0 Å². The number of aromatic nitrogens is 6. The third-order valence-corrected chi connectivity index (χ3v) is 5.61. The largest absolute Gasteiger partial charge is 0.272 e. The van der Waals surface area contributed by atoms with Crippen LogP contribution in [0.25, 0.3) is 0 Å². The van der Waals surface area contributed by atoms with E-state index in [2.05, 4.69) is 56.8 Å². The molecule has 0 bridgehead atoms. The molecule has 0 radical (unpaired) electrons. The number of rotatable bonds is 0. The quantitative estimate of drug-likeness (QED) is 0.598. The van der Waals surface area contributed by atoms with Crippen LogP contribution in [0.4, 0.5) is 0 Å². The summed E-state index contributed by atoms with van der Waals surface area (Å²) in [6, 6.07) is 0. The molecule has 0 aliphatic heterocycles. The van der Waals surface area contributed by atoms with Crippen LogP contribution in [0.3, 0.4) is 0 Å². The van der Waals surface area contributed by atoms with Crippen molar-refractivity contribution in [3.63, 3.8) is 0 Å². The van der Waals surface area contributed by atoms with Crippen LogP contribution in [0.2, 0.25) is 0 Å². The molecule has 3 rings (SSSR count). The molecule has 0 saturated heterocycles. The summed E-state index contributed by atoms with van der Waals surface area (Å²) < 4.78 is 5.72. The average Bonchev–Trinajstić information content (AvgIpc) is 3.07. The number of hydrogen-bond donors (Lipinski definition) is 0. The maximum Gasteiger partial charge on any atom is 0.0625 e. The first-order chi connectivity index (χ1) is 12.4. The molecule has 3 heterocycles. The van der Waals surface area contributed by atoms with E-state index in [4.69, 9.17) is 0 Å². The van der Waals surface area contributed by atoms with E-state index in [1.54, 1.807) is 0 Å². The Balaban J connectivity index is 0.000000202. The fourth-order valence-corrected chi connectivity index (χ4v) is 2.64. The first-order valence-electron chi connectivity index (χ1n) is 9.28. The third-order valence-electron chi connectivity index (χ3n) is 5.61. The average molecular weight is 373 g/mol. The highest BCUT2D eigenvalue weighted by molar-refractivity contribution is 5.22. The number of aryl methyl sites for hydroxylation is 6. The second kappa shape index (κ2) is 9.02. The van der Waals surface area contributed by atoms with Crippen LogP contribution in [0.1, 0.15) is 50.9 Å². The minimum absolute atomic E-state index is 1.13. The highest BCUT2D eigenvalue weighted by atomic mass is 15.3. The number of nitrogens with zero attached hydrogens (tertiary/aromatic N) is 6. The molecule has 0 aliphatic carbocycles. The van der Waals surface area contributed by atoms with Crippen molar-refractivity contribution in [2.45, 2.75) is 62.3 Å². The second-order valence-electron chi connectivity index (χ2n) is 7.26. The van der Waals surface area contributed by atoms with E-state index in [9.17, 15) is 0 Å². The van der Waals surface area contributed by atoms with Crippen molar-refractivity contribution in [2.24, 2.45) is 21.1 Å². The predicted octanol–water partition coefficient (Wildman–Crippen LogP) is 4.04. The van der Waals surface area contributed by atoms with Crippen molar-refractivity contribution >= 4 is 0 Å². The van der Waals surface area contributed by atoms with Crippen LogP contribution in [-0.4, -0.2) is 29.3 Å². The summed E-state index contributed by atoms with van der Waals surface area (Å²) in [5.41, 5.74) is 11.1. The third kappa shape index (κ3) is 5.31. The Hall–Kier alpha value is -2.37. The van der Waals surface area contributed by atoms with Crippen LogP contribution < -0.4 is 0 Å². The second-order valence-corrected chi connectivity index (χ2v) is 7.26. The molecule has 0 unspecified atom stereocenters. The highest BCUT2D eigenvalue weighted by Gasteiger charge is 2.02. The zero-order valence-electron chi connectivity index (χ0n) is 19.2. The number of hydrogen-bond acceptors (Lipinski definition) is 3. The minimum atomic E-state index is 1.13.